The Morgan fingerprint density at radius 2 is 2.08 bits per heavy atom. The number of hydrogen-bond acceptors (Lipinski definition) is 9. The molecule has 1 atom stereocenters. The Morgan fingerprint density at radius 3 is 2.77 bits per heavy atom. The summed E-state index contributed by atoms with van der Waals surface area (Å²) < 4.78 is 19.7. The highest BCUT2D eigenvalue weighted by molar-refractivity contribution is 5.88. The zero-order valence-electron chi connectivity index (χ0n) is 21.8. The van der Waals surface area contributed by atoms with Crippen molar-refractivity contribution in [2.24, 2.45) is 5.73 Å². The molecular formula is C27H30N6O6. The predicted octanol–water partition coefficient (Wildman–Crippen LogP) is 1.30. The van der Waals surface area contributed by atoms with Crippen molar-refractivity contribution in [3.63, 3.8) is 0 Å². The third-order valence-electron chi connectivity index (χ3n) is 6.84. The third-order valence-corrected chi connectivity index (χ3v) is 6.84. The fourth-order valence-corrected chi connectivity index (χ4v) is 4.97. The van der Waals surface area contributed by atoms with Crippen LogP contribution in [0, 0.1) is 0 Å². The van der Waals surface area contributed by atoms with Crippen LogP contribution >= 0.6 is 0 Å². The summed E-state index contributed by atoms with van der Waals surface area (Å²) in [5.74, 6) is 2.82. The summed E-state index contributed by atoms with van der Waals surface area (Å²) in [7, 11) is 2.99. The zero-order chi connectivity index (χ0) is 27.5. The van der Waals surface area contributed by atoms with E-state index < -0.39 is 11.1 Å². The van der Waals surface area contributed by atoms with E-state index in [9.17, 15) is 14.4 Å². The van der Waals surface area contributed by atoms with Gasteiger partial charge in [0.05, 0.1) is 39.3 Å². The quantitative estimate of drug-likeness (QED) is 0.315. The normalized spacial score (nSPS) is 15.5. The van der Waals surface area contributed by atoms with Gasteiger partial charge in [-0.25, -0.2) is 19.1 Å². The molecule has 1 saturated heterocycles. The SMILES string of the molecule is COCCn1c(=O)c2nc(N3CCCC(N)C3)n(Cc3ccoc3)c2c(=O)n1C(=C=O)c1cccc(OC)c1. The molecule has 0 saturated carbocycles. The lowest BCUT2D eigenvalue weighted by Gasteiger charge is -2.31. The molecule has 4 aromatic rings. The van der Waals surface area contributed by atoms with Crippen LogP contribution < -0.4 is 26.5 Å². The minimum Gasteiger partial charge on any atom is -0.497 e. The molecule has 39 heavy (non-hydrogen) atoms. The number of carbonyl (C=O) groups excluding carboxylic acids is 1. The lowest BCUT2D eigenvalue weighted by molar-refractivity contribution is 0.179. The fraction of sp³-hybridized carbons (Fsp3) is 0.370. The molecule has 2 N–H and O–H groups in total. The average molecular weight is 535 g/mol. The van der Waals surface area contributed by atoms with Crippen molar-refractivity contribution in [1.29, 1.82) is 0 Å². The Hall–Kier alpha value is -4.38. The van der Waals surface area contributed by atoms with Crippen molar-refractivity contribution in [3.05, 3.63) is 74.7 Å². The van der Waals surface area contributed by atoms with Crippen LogP contribution in [0.1, 0.15) is 24.0 Å². The van der Waals surface area contributed by atoms with Crippen LogP contribution in [0.5, 0.6) is 5.75 Å². The second-order valence-electron chi connectivity index (χ2n) is 9.40. The molecule has 1 aliphatic heterocycles. The van der Waals surface area contributed by atoms with Gasteiger partial charge < -0.3 is 29.1 Å². The number of piperidine rings is 1. The first-order valence-electron chi connectivity index (χ1n) is 12.6. The smallest absolute Gasteiger partial charge is 0.297 e. The van der Waals surface area contributed by atoms with E-state index >= 15 is 0 Å². The van der Waals surface area contributed by atoms with Gasteiger partial charge in [-0.3, -0.25) is 9.59 Å². The topological polar surface area (TPSA) is 140 Å². The Labute approximate surface area is 223 Å². The van der Waals surface area contributed by atoms with Crippen LogP contribution in [0.25, 0.3) is 16.7 Å². The van der Waals surface area contributed by atoms with Gasteiger partial charge in [-0.15, -0.1) is 0 Å². The molecule has 12 heteroatoms. The van der Waals surface area contributed by atoms with E-state index in [-0.39, 0.29) is 42.5 Å². The number of methoxy groups -OCH3 is 2. The first-order valence-corrected chi connectivity index (χ1v) is 12.6. The first-order chi connectivity index (χ1) is 19.0. The van der Waals surface area contributed by atoms with Crippen molar-refractivity contribution in [1.82, 2.24) is 18.9 Å². The molecule has 1 aromatic carbocycles. The number of aromatic nitrogens is 4. The molecular weight excluding hydrogens is 504 g/mol. The Balaban J connectivity index is 1.82. The van der Waals surface area contributed by atoms with E-state index in [2.05, 4.69) is 0 Å². The summed E-state index contributed by atoms with van der Waals surface area (Å²) in [6.07, 6.45) is 4.84. The highest BCUT2D eigenvalue weighted by Gasteiger charge is 2.28. The number of nitrogens with zero attached hydrogens (tertiary/aromatic N) is 5. The Bertz CT molecular complexity index is 1640. The summed E-state index contributed by atoms with van der Waals surface area (Å²) in [6.45, 7) is 1.57. The molecule has 0 bridgehead atoms. The van der Waals surface area contributed by atoms with Crippen molar-refractivity contribution in [2.45, 2.75) is 32.0 Å². The van der Waals surface area contributed by atoms with Gasteiger partial charge in [-0.1, -0.05) is 12.1 Å². The van der Waals surface area contributed by atoms with Gasteiger partial charge >= 0.3 is 0 Å². The van der Waals surface area contributed by atoms with Gasteiger partial charge in [0.2, 0.25) is 5.95 Å². The summed E-state index contributed by atoms with van der Waals surface area (Å²) in [4.78, 5) is 47.3. The van der Waals surface area contributed by atoms with Crippen molar-refractivity contribution in [3.8, 4) is 5.75 Å². The highest BCUT2D eigenvalue weighted by atomic mass is 16.5. The van der Waals surface area contributed by atoms with Crippen LogP contribution in [-0.4, -0.2) is 64.8 Å². The van der Waals surface area contributed by atoms with Crippen LogP contribution in [0.15, 0.2) is 56.9 Å². The molecule has 0 aliphatic carbocycles. The van der Waals surface area contributed by atoms with Crippen molar-refractivity contribution < 1.29 is 18.7 Å². The molecule has 204 valence electrons. The molecule has 5 rings (SSSR count). The maximum absolute atomic E-state index is 14.3. The zero-order valence-corrected chi connectivity index (χ0v) is 21.8. The average Bonchev–Trinajstić information content (AvgIpc) is 3.60. The largest absolute Gasteiger partial charge is 0.497 e. The number of nitrogens with two attached hydrogens (primary N) is 1. The van der Waals surface area contributed by atoms with Crippen molar-refractivity contribution >= 4 is 28.6 Å². The monoisotopic (exact) mass is 534 g/mol. The number of hydrogen-bond donors (Lipinski definition) is 1. The van der Waals surface area contributed by atoms with Crippen LogP contribution in [0.3, 0.4) is 0 Å². The maximum atomic E-state index is 14.3. The number of ether oxygens (including phenoxy) is 2. The first kappa shape index (κ1) is 26.2. The Morgan fingerprint density at radius 1 is 1.23 bits per heavy atom. The van der Waals surface area contributed by atoms with E-state index in [0.29, 0.717) is 30.4 Å². The summed E-state index contributed by atoms with van der Waals surface area (Å²) in [5.41, 5.74) is 6.21. The molecule has 3 aromatic heterocycles. The molecule has 0 spiro atoms. The number of rotatable bonds is 9. The predicted molar refractivity (Wildman–Crippen MR) is 145 cm³/mol. The number of benzene rings is 1. The second kappa shape index (κ2) is 11.2. The molecule has 1 aliphatic rings. The number of imidazole rings is 1. The van der Waals surface area contributed by atoms with Gasteiger partial charge in [-0.2, -0.15) is 0 Å². The number of anilines is 1. The molecule has 4 heterocycles. The van der Waals surface area contributed by atoms with Gasteiger partial charge in [0.1, 0.15) is 11.3 Å². The van der Waals surface area contributed by atoms with E-state index in [4.69, 9.17) is 24.6 Å². The summed E-state index contributed by atoms with van der Waals surface area (Å²) in [6, 6.07) is 8.37. The molecule has 0 amide bonds. The molecule has 1 unspecified atom stereocenters. The highest BCUT2D eigenvalue weighted by Crippen LogP contribution is 2.25. The van der Waals surface area contributed by atoms with Crippen molar-refractivity contribution in [2.75, 3.05) is 38.8 Å². The summed E-state index contributed by atoms with van der Waals surface area (Å²) in [5, 5.41) is 0. The second-order valence-corrected chi connectivity index (χ2v) is 9.40. The third kappa shape index (κ3) is 4.92. The lowest BCUT2D eigenvalue weighted by atomic mass is 10.1. The minimum absolute atomic E-state index is 0.000819. The minimum atomic E-state index is -0.592. The van der Waals surface area contributed by atoms with Gasteiger partial charge in [-0.05, 0) is 31.0 Å². The number of fused-ring (bicyclic) bond motifs is 1. The molecule has 1 fully saturated rings. The van der Waals surface area contributed by atoms with Gasteiger partial charge in [0, 0.05) is 37.4 Å². The van der Waals surface area contributed by atoms with E-state index in [0.717, 1.165) is 23.1 Å². The molecule has 0 radical (unpaired) electrons. The van der Waals surface area contributed by atoms with E-state index in [1.165, 1.54) is 25.2 Å². The van der Waals surface area contributed by atoms with Crippen LogP contribution in [-0.2, 0) is 22.6 Å². The van der Waals surface area contributed by atoms with Gasteiger partial charge in [0.25, 0.3) is 11.1 Å². The number of furan rings is 1. The van der Waals surface area contributed by atoms with Crippen LogP contribution in [0.4, 0.5) is 5.95 Å². The van der Waals surface area contributed by atoms with Gasteiger partial charge in [0.15, 0.2) is 17.2 Å². The molecule has 12 nitrogen and oxygen atoms in total. The maximum Gasteiger partial charge on any atom is 0.297 e. The van der Waals surface area contributed by atoms with E-state index in [1.54, 1.807) is 41.2 Å². The standard InChI is InChI=1S/C27H30N6O6/c1-37-12-10-32-25(35)23-24(26(36)33(32)22(16-34)19-5-3-7-21(13-19)38-2)31(14-18-8-11-39-17-18)27(29-23)30-9-4-6-20(28)15-30/h3,5,7-8,11,13,17,20H,4,6,9-10,12,14-15,28H2,1-2H3. The van der Waals surface area contributed by atoms with Crippen LogP contribution in [0.2, 0.25) is 0 Å². The summed E-state index contributed by atoms with van der Waals surface area (Å²) >= 11 is 0. The van der Waals surface area contributed by atoms with E-state index in [1.807, 2.05) is 10.8 Å². The fourth-order valence-electron chi connectivity index (χ4n) is 4.97. The lowest BCUT2D eigenvalue weighted by Crippen LogP contribution is -2.44. The Kier molecular flexibility index (Phi) is 7.51.